The Labute approximate surface area is 185 Å². The van der Waals surface area contributed by atoms with Crippen LogP contribution in [-0.2, 0) is 0 Å². The largest absolute Gasteiger partial charge is 0.486 e. The molecule has 4 rings (SSSR count). The molecule has 1 aliphatic rings. The van der Waals surface area contributed by atoms with Crippen LogP contribution in [-0.4, -0.2) is 25.0 Å². The van der Waals surface area contributed by atoms with Crippen molar-refractivity contribution in [1.82, 2.24) is 5.32 Å². The highest BCUT2D eigenvalue weighted by atomic mass is 79.9. The van der Waals surface area contributed by atoms with Crippen LogP contribution in [0.5, 0.6) is 11.5 Å². The molecular formula is C21H19BrN2O5S. The number of amides is 2. The molecule has 30 heavy (non-hydrogen) atoms. The third-order valence-corrected chi connectivity index (χ3v) is 6.42. The van der Waals surface area contributed by atoms with Crippen molar-refractivity contribution in [3.05, 3.63) is 62.8 Å². The minimum Gasteiger partial charge on any atom is -0.486 e. The first-order valence-electron chi connectivity index (χ1n) is 9.27. The first-order chi connectivity index (χ1) is 14.4. The summed E-state index contributed by atoms with van der Waals surface area (Å²) in [7, 11) is 0. The number of aryl methyl sites for hydroxylation is 1. The van der Waals surface area contributed by atoms with Crippen molar-refractivity contribution in [1.29, 1.82) is 0 Å². The van der Waals surface area contributed by atoms with Gasteiger partial charge in [-0.3, -0.25) is 9.59 Å². The van der Waals surface area contributed by atoms with Crippen LogP contribution in [0.1, 0.15) is 44.3 Å². The zero-order valence-electron chi connectivity index (χ0n) is 16.3. The average molecular weight is 491 g/mol. The molecule has 0 fully saturated rings. The fourth-order valence-corrected chi connectivity index (χ4v) is 4.74. The average Bonchev–Trinajstić information content (AvgIpc) is 3.37. The minimum absolute atomic E-state index is 0.212. The van der Waals surface area contributed by atoms with Crippen LogP contribution in [0.2, 0.25) is 0 Å². The van der Waals surface area contributed by atoms with E-state index in [-0.39, 0.29) is 23.6 Å². The number of rotatable bonds is 5. The van der Waals surface area contributed by atoms with Gasteiger partial charge in [0.25, 0.3) is 11.8 Å². The van der Waals surface area contributed by atoms with Gasteiger partial charge in [0.05, 0.1) is 22.2 Å². The summed E-state index contributed by atoms with van der Waals surface area (Å²) in [5, 5.41) is 6.34. The number of carbonyl (C=O) groups is 2. The molecule has 156 valence electrons. The van der Waals surface area contributed by atoms with E-state index >= 15 is 0 Å². The minimum atomic E-state index is -0.359. The molecule has 2 amide bonds. The molecule has 3 heterocycles. The van der Waals surface area contributed by atoms with Crippen molar-refractivity contribution < 1.29 is 23.5 Å². The van der Waals surface area contributed by atoms with Gasteiger partial charge in [-0.15, -0.1) is 11.3 Å². The fraction of sp³-hybridized carbons (Fsp3) is 0.238. The molecule has 1 aromatic carbocycles. The molecule has 0 bridgehead atoms. The standard InChI is InChI=1S/C21H19BrN2O5S/c1-11-8-18(24-20(25)15-4-3-5-27-15)30-19(11)21(26)23-12(2)13-9-16-17(10-14(13)22)29-7-6-28-16/h3-5,8-10,12H,6-7H2,1-2H3,(H,23,26)(H,24,25). The van der Waals surface area contributed by atoms with Crippen LogP contribution in [0.25, 0.3) is 0 Å². The lowest BCUT2D eigenvalue weighted by Crippen LogP contribution is -2.27. The maximum atomic E-state index is 12.9. The van der Waals surface area contributed by atoms with E-state index in [2.05, 4.69) is 26.6 Å². The molecule has 7 nitrogen and oxygen atoms in total. The van der Waals surface area contributed by atoms with Crippen LogP contribution in [0.4, 0.5) is 5.00 Å². The van der Waals surface area contributed by atoms with Gasteiger partial charge in [-0.05, 0) is 55.3 Å². The molecule has 9 heteroatoms. The van der Waals surface area contributed by atoms with Gasteiger partial charge in [0, 0.05) is 4.47 Å². The molecule has 3 aromatic rings. The summed E-state index contributed by atoms with van der Waals surface area (Å²) in [6, 6.07) is 8.45. The van der Waals surface area contributed by atoms with Crippen molar-refractivity contribution in [3.8, 4) is 11.5 Å². The Hall–Kier alpha value is -2.78. The van der Waals surface area contributed by atoms with E-state index in [0.29, 0.717) is 34.6 Å². The summed E-state index contributed by atoms with van der Waals surface area (Å²) in [5.74, 6) is 0.980. The number of halogens is 1. The van der Waals surface area contributed by atoms with Gasteiger partial charge in [0.1, 0.15) is 13.2 Å². The molecule has 0 aliphatic carbocycles. The van der Waals surface area contributed by atoms with E-state index in [9.17, 15) is 9.59 Å². The second kappa shape index (κ2) is 8.53. The second-order valence-corrected chi connectivity index (χ2v) is 8.67. The third-order valence-electron chi connectivity index (χ3n) is 4.58. The lowest BCUT2D eigenvalue weighted by Gasteiger charge is -2.22. The Morgan fingerprint density at radius 1 is 1.13 bits per heavy atom. The van der Waals surface area contributed by atoms with E-state index in [1.54, 1.807) is 18.2 Å². The second-order valence-electron chi connectivity index (χ2n) is 6.77. The summed E-state index contributed by atoms with van der Waals surface area (Å²) in [5.41, 5.74) is 1.66. The molecule has 1 atom stereocenters. The Balaban J connectivity index is 1.47. The lowest BCUT2D eigenvalue weighted by molar-refractivity contribution is 0.0942. The number of thiophene rings is 1. The number of nitrogens with one attached hydrogen (secondary N) is 2. The van der Waals surface area contributed by atoms with Gasteiger partial charge in [-0.2, -0.15) is 0 Å². The highest BCUT2D eigenvalue weighted by molar-refractivity contribution is 9.10. The van der Waals surface area contributed by atoms with Crippen LogP contribution in [0, 0.1) is 6.92 Å². The molecule has 0 saturated carbocycles. The molecule has 0 radical (unpaired) electrons. The Bertz CT molecular complexity index is 1090. The quantitative estimate of drug-likeness (QED) is 0.529. The molecule has 2 aromatic heterocycles. The van der Waals surface area contributed by atoms with Gasteiger partial charge in [0.2, 0.25) is 0 Å². The Morgan fingerprint density at radius 2 is 1.87 bits per heavy atom. The normalized spacial score (nSPS) is 13.6. The van der Waals surface area contributed by atoms with E-state index in [4.69, 9.17) is 13.9 Å². The van der Waals surface area contributed by atoms with Gasteiger partial charge in [-0.1, -0.05) is 15.9 Å². The number of benzene rings is 1. The number of ether oxygens (including phenoxy) is 2. The fourth-order valence-electron chi connectivity index (χ4n) is 3.10. The summed E-state index contributed by atoms with van der Waals surface area (Å²) in [6.07, 6.45) is 1.44. The number of hydrogen-bond donors (Lipinski definition) is 2. The van der Waals surface area contributed by atoms with Crippen molar-refractivity contribution in [2.75, 3.05) is 18.5 Å². The van der Waals surface area contributed by atoms with Crippen LogP contribution in [0.3, 0.4) is 0 Å². The SMILES string of the molecule is Cc1cc(NC(=O)c2ccco2)sc1C(=O)NC(C)c1cc2c(cc1Br)OCCO2. The van der Waals surface area contributed by atoms with E-state index < -0.39 is 0 Å². The molecule has 1 aliphatic heterocycles. The number of fused-ring (bicyclic) bond motifs is 1. The number of anilines is 1. The van der Waals surface area contributed by atoms with Gasteiger partial charge < -0.3 is 24.5 Å². The first-order valence-corrected chi connectivity index (χ1v) is 10.9. The Morgan fingerprint density at radius 3 is 2.57 bits per heavy atom. The number of hydrogen-bond acceptors (Lipinski definition) is 6. The van der Waals surface area contributed by atoms with Crippen LogP contribution in [0.15, 0.2) is 45.5 Å². The summed E-state index contributed by atoms with van der Waals surface area (Å²) < 4.78 is 17.2. The first kappa shape index (κ1) is 20.5. The molecular weight excluding hydrogens is 472 g/mol. The highest BCUT2D eigenvalue weighted by Crippen LogP contribution is 2.38. The highest BCUT2D eigenvalue weighted by Gasteiger charge is 2.22. The van der Waals surface area contributed by atoms with E-state index in [1.165, 1.54) is 17.6 Å². The van der Waals surface area contributed by atoms with E-state index in [1.807, 2.05) is 26.0 Å². The monoisotopic (exact) mass is 490 g/mol. The predicted molar refractivity (Wildman–Crippen MR) is 117 cm³/mol. The zero-order valence-corrected chi connectivity index (χ0v) is 18.7. The predicted octanol–water partition coefficient (Wildman–Crippen LogP) is 4.93. The molecule has 1 unspecified atom stereocenters. The summed E-state index contributed by atoms with van der Waals surface area (Å²) in [6.45, 7) is 4.74. The maximum Gasteiger partial charge on any atom is 0.291 e. The topological polar surface area (TPSA) is 89.8 Å². The smallest absolute Gasteiger partial charge is 0.291 e. The molecule has 2 N–H and O–H groups in total. The van der Waals surface area contributed by atoms with E-state index in [0.717, 1.165) is 15.6 Å². The van der Waals surface area contributed by atoms with Crippen molar-refractivity contribution >= 4 is 44.1 Å². The van der Waals surface area contributed by atoms with Gasteiger partial charge in [-0.25, -0.2) is 0 Å². The molecule has 0 saturated heterocycles. The summed E-state index contributed by atoms with van der Waals surface area (Å²) in [4.78, 5) is 25.6. The number of carbonyl (C=O) groups excluding carboxylic acids is 2. The lowest BCUT2D eigenvalue weighted by atomic mass is 10.1. The maximum absolute atomic E-state index is 12.9. The van der Waals surface area contributed by atoms with Gasteiger partial charge in [0.15, 0.2) is 17.3 Å². The third kappa shape index (κ3) is 4.22. The van der Waals surface area contributed by atoms with Crippen molar-refractivity contribution in [2.24, 2.45) is 0 Å². The summed E-state index contributed by atoms with van der Waals surface area (Å²) >= 11 is 4.76. The zero-order chi connectivity index (χ0) is 21.3. The van der Waals surface area contributed by atoms with Gasteiger partial charge >= 0.3 is 0 Å². The Kier molecular flexibility index (Phi) is 5.83. The number of furan rings is 1. The van der Waals surface area contributed by atoms with Crippen molar-refractivity contribution in [2.45, 2.75) is 19.9 Å². The van der Waals surface area contributed by atoms with Crippen LogP contribution < -0.4 is 20.1 Å². The molecule has 0 spiro atoms. The van der Waals surface area contributed by atoms with Crippen molar-refractivity contribution in [3.63, 3.8) is 0 Å². The van der Waals surface area contributed by atoms with Crippen LogP contribution >= 0.6 is 27.3 Å².